The minimum Gasteiger partial charge on any atom is -0.324 e. The fourth-order valence-corrected chi connectivity index (χ4v) is 3.11. The smallest absolute Gasteiger partial charge is 0.171 e. The monoisotopic (exact) mass is 260 g/mol. The van der Waals surface area contributed by atoms with Gasteiger partial charge in [0.1, 0.15) is 0 Å². The van der Waals surface area contributed by atoms with Gasteiger partial charge < -0.3 is 5.73 Å². The van der Waals surface area contributed by atoms with Gasteiger partial charge in [0, 0.05) is 29.7 Å². The van der Waals surface area contributed by atoms with Crippen molar-refractivity contribution in [3.63, 3.8) is 0 Å². The van der Waals surface area contributed by atoms with Crippen LogP contribution in [0.1, 0.15) is 37.6 Å². The fraction of sp³-hybridized carbons (Fsp3) is 0.462. The SMILES string of the molecule is CC1(C)Cc2nc(-c3cncs3)ncc2C(N)C1. The molecule has 4 nitrogen and oxygen atoms in total. The first-order chi connectivity index (χ1) is 8.55. The third-order valence-electron chi connectivity index (χ3n) is 3.37. The molecule has 2 aromatic heterocycles. The third kappa shape index (κ3) is 2.04. The van der Waals surface area contributed by atoms with Crippen molar-refractivity contribution in [2.24, 2.45) is 11.1 Å². The van der Waals surface area contributed by atoms with E-state index in [1.165, 1.54) is 0 Å². The second-order valence-corrected chi connectivity index (χ2v) is 6.50. The molecule has 0 saturated heterocycles. The van der Waals surface area contributed by atoms with Crippen LogP contribution in [0.3, 0.4) is 0 Å². The molecule has 94 valence electrons. The molecule has 5 heteroatoms. The molecule has 0 fully saturated rings. The standard InChI is InChI=1S/C13H16N4S/c1-13(2)3-9(14)8-5-16-12(17-10(8)4-13)11-6-15-7-18-11/h5-7,9H,3-4,14H2,1-2H3. The summed E-state index contributed by atoms with van der Waals surface area (Å²) in [6, 6.07) is 0.0549. The van der Waals surface area contributed by atoms with Crippen molar-refractivity contribution >= 4 is 11.3 Å². The summed E-state index contributed by atoms with van der Waals surface area (Å²) < 4.78 is 0. The molecular formula is C13H16N4S. The van der Waals surface area contributed by atoms with Crippen molar-refractivity contribution in [1.29, 1.82) is 0 Å². The first kappa shape index (κ1) is 11.7. The van der Waals surface area contributed by atoms with E-state index >= 15 is 0 Å². The van der Waals surface area contributed by atoms with Crippen molar-refractivity contribution in [2.45, 2.75) is 32.7 Å². The van der Waals surface area contributed by atoms with E-state index in [4.69, 9.17) is 5.73 Å². The van der Waals surface area contributed by atoms with E-state index in [9.17, 15) is 0 Å². The Balaban J connectivity index is 2.05. The lowest BCUT2D eigenvalue weighted by Gasteiger charge is -2.34. The number of nitrogens with two attached hydrogens (primary N) is 1. The maximum absolute atomic E-state index is 6.20. The molecule has 2 aromatic rings. The number of thiazole rings is 1. The number of fused-ring (bicyclic) bond motifs is 1. The second-order valence-electron chi connectivity index (χ2n) is 5.61. The Bertz CT molecular complexity index is 562. The van der Waals surface area contributed by atoms with Gasteiger partial charge in [0.05, 0.1) is 10.4 Å². The normalized spacial score (nSPS) is 21.6. The lowest BCUT2D eigenvalue weighted by Crippen LogP contribution is -2.30. The fourth-order valence-electron chi connectivity index (χ4n) is 2.55. The molecule has 0 radical (unpaired) electrons. The topological polar surface area (TPSA) is 64.7 Å². The zero-order chi connectivity index (χ0) is 12.8. The largest absolute Gasteiger partial charge is 0.324 e. The molecule has 1 atom stereocenters. The number of aromatic nitrogens is 3. The molecule has 1 unspecified atom stereocenters. The van der Waals surface area contributed by atoms with Crippen LogP contribution in [0.15, 0.2) is 17.9 Å². The van der Waals surface area contributed by atoms with E-state index in [0.29, 0.717) is 0 Å². The molecule has 1 aliphatic carbocycles. The van der Waals surface area contributed by atoms with Crippen LogP contribution in [-0.2, 0) is 6.42 Å². The maximum atomic E-state index is 6.20. The van der Waals surface area contributed by atoms with Crippen molar-refractivity contribution in [2.75, 3.05) is 0 Å². The highest BCUT2D eigenvalue weighted by Crippen LogP contribution is 2.39. The Morgan fingerprint density at radius 3 is 2.94 bits per heavy atom. The highest BCUT2D eigenvalue weighted by molar-refractivity contribution is 7.13. The molecular weight excluding hydrogens is 244 g/mol. The Kier molecular flexibility index (Phi) is 2.68. The van der Waals surface area contributed by atoms with E-state index in [-0.39, 0.29) is 11.5 Å². The molecule has 0 spiro atoms. The van der Waals surface area contributed by atoms with Crippen LogP contribution in [0.2, 0.25) is 0 Å². The predicted octanol–water partition coefficient (Wildman–Crippen LogP) is 2.57. The van der Waals surface area contributed by atoms with Gasteiger partial charge in [-0.3, -0.25) is 4.98 Å². The molecule has 0 amide bonds. The lowest BCUT2D eigenvalue weighted by atomic mass is 9.74. The van der Waals surface area contributed by atoms with Crippen LogP contribution in [0.4, 0.5) is 0 Å². The van der Waals surface area contributed by atoms with Crippen LogP contribution >= 0.6 is 11.3 Å². The Labute approximate surface area is 110 Å². The minimum absolute atomic E-state index is 0.0549. The average molecular weight is 260 g/mol. The number of hydrogen-bond acceptors (Lipinski definition) is 5. The highest BCUT2D eigenvalue weighted by atomic mass is 32.1. The Morgan fingerprint density at radius 2 is 2.22 bits per heavy atom. The van der Waals surface area contributed by atoms with Gasteiger partial charge in [0.25, 0.3) is 0 Å². The van der Waals surface area contributed by atoms with Gasteiger partial charge in [-0.1, -0.05) is 13.8 Å². The Hall–Kier alpha value is -1.33. The molecule has 18 heavy (non-hydrogen) atoms. The van der Waals surface area contributed by atoms with E-state index in [1.807, 2.05) is 6.20 Å². The quantitative estimate of drug-likeness (QED) is 0.856. The molecule has 0 aromatic carbocycles. The second kappa shape index (κ2) is 4.10. The molecule has 2 heterocycles. The number of rotatable bonds is 1. The van der Waals surface area contributed by atoms with Crippen molar-refractivity contribution in [3.8, 4) is 10.7 Å². The zero-order valence-corrected chi connectivity index (χ0v) is 11.4. The first-order valence-corrected chi connectivity index (χ1v) is 6.93. The molecule has 0 bridgehead atoms. The molecule has 3 rings (SSSR count). The zero-order valence-electron chi connectivity index (χ0n) is 10.6. The lowest BCUT2D eigenvalue weighted by molar-refractivity contribution is 0.278. The summed E-state index contributed by atoms with van der Waals surface area (Å²) in [6.07, 6.45) is 5.64. The van der Waals surface area contributed by atoms with Gasteiger partial charge >= 0.3 is 0 Å². The maximum Gasteiger partial charge on any atom is 0.171 e. The summed E-state index contributed by atoms with van der Waals surface area (Å²) in [4.78, 5) is 14.2. The van der Waals surface area contributed by atoms with E-state index < -0.39 is 0 Å². The third-order valence-corrected chi connectivity index (χ3v) is 4.14. The first-order valence-electron chi connectivity index (χ1n) is 6.05. The van der Waals surface area contributed by atoms with Crippen LogP contribution in [0.5, 0.6) is 0 Å². The van der Waals surface area contributed by atoms with E-state index in [1.54, 1.807) is 23.0 Å². The van der Waals surface area contributed by atoms with Gasteiger partial charge in [-0.05, 0) is 18.3 Å². The Morgan fingerprint density at radius 1 is 1.39 bits per heavy atom. The van der Waals surface area contributed by atoms with Crippen molar-refractivity contribution < 1.29 is 0 Å². The number of hydrogen-bond donors (Lipinski definition) is 1. The van der Waals surface area contributed by atoms with Crippen molar-refractivity contribution in [3.05, 3.63) is 29.2 Å². The van der Waals surface area contributed by atoms with Gasteiger partial charge in [-0.25, -0.2) is 9.97 Å². The summed E-state index contributed by atoms with van der Waals surface area (Å²) in [5.41, 5.74) is 10.4. The van der Waals surface area contributed by atoms with Gasteiger partial charge in [0.2, 0.25) is 0 Å². The summed E-state index contributed by atoms with van der Waals surface area (Å²) in [5, 5.41) is 0. The van der Waals surface area contributed by atoms with Crippen LogP contribution < -0.4 is 5.73 Å². The summed E-state index contributed by atoms with van der Waals surface area (Å²) in [6.45, 7) is 4.48. The van der Waals surface area contributed by atoms with E-state index in [0.717, 1.165) is 34.8 Å². The van der Waals surface area contributed by atoms with E-state index in [2.05, 4.69) is 28.8 Å². The van der Waals surface area contributed by atoms with Crippen molar-refractivity contribution in [1.82, 2.24) is 15.0 Å². The van der Waals surface area contributed by atoms with Crippen LogP contribution in [0, 0.1) is 5.41 Å². The van der Waals surface area contributed by atoms with Crippen LogP contribution in [0.25, 0.3) is 10.7 Å². The highest BCUT2D eigenvalue weighted by Gasteiger charge is 2.31. The summed E-state index contributed by atoms with van der Waals surface area (Å²) in [5.74, 6) is 0.765. The average Bonchev–Trinajstić information content (AvgIpc) is 2.79. The van der Waals surface area contributed by atoms with Gasteiger partial charge in [-0.15, -0.1) is 11.3 Å². The summed E-state index contributed by atoms with van der Waals surface area (Å²) >= 11 is 1.56. The minimum atomic E-state index is 0.0549. The molecule has 0 aliphatic heterocycles. The van der Waals surface area contributed by atoms with Gasteiger partial charge in [0.15, 0.2) is 5.82 Å². The molecule has 1 aliphatic rings. The summed E-state index contributed by atoms with van der Waals surface area (Å²) in [7, 11) is 0. The predicted molar refractivity (Wildman–Crippen MR) is 72.2 cm³/mol. The molecule has 2 N–H and O–H groups in total. The molecule has 0 saturated carbocycles. The number of nitrogens with zero attached hydrogens (tertiary/aromatic N) is 3. The van der Waals surface area contributed by atoms with Gasteiger partial charge in [-0.2, -0.15) is 0 Å². The van der Waals surface area contributed by atoms with Crippen LogP contribution in [-0.4, -0.2) is 15.0 Å².